The van der Waals surface area contributed by atoms with E-state index in [-0.39, 0.29) is 6.04 Å². The summed E-state index contributed by atoms with van der Waals surface area (Å²) < 4.78 is 0. The average molecular weight is 252 g/mol. The van der Waals surface area contributed by atoms with Crippen molar-refractivity contribution in [1.82, 2.24) is 4.98 Å². The first kappa shape index (κ1) is 13.1. The molecule has 0 fully saturated rings. The molecule has 96 valence electrons. The van der Waals surface area contributed by atoms with Gasteiger partial charge in [-0.3, -0.25) is 0 Å². The molecule has 19 heavy (non-hydrogen) atoms. The monoisotopic (exact) mass is 252 g/mol. The summed E-state index contributed by atoms with van der Waals surface area (Å²) in [5, 5.41) is 8.93. The second kappa shape index (κ2) is 5.51. The van der Waals surface area contributed by atoms with Gasteiger partial charge in [-0.2, -0.15) is 5.26 Å². The largest absolute Gasteiger partial charge is 0.329 e. The van der Waals surface area contributed by atoms with Crippen LogP contribution in [0.2, 0.25) is 0 Å². The lowest BCUT2D eigenvalue weighted by molar-refractivity contribution is 0.814. The SMILES string of the molecule is CC(N)c1ccnc(N(C)c2cccc(C#N)c2)c1. The third kappa shape index (κ3) is 2.90. The Balaban J connectivity index is 2.35. The van der Waals surface area contributed by atoms with E-state index in [1.807, 2.05) is 49.2 Å². The van der Waals surface area contributed by atoms with Gasteiger partial charge in [-0.15, -0.1) is 0 Å². The first-order chi connectivity index (χ1) is 9.11. The van der Waals surface area contributed by atoms with Crippen molar-refractivity contribution in [2.75, 3.05) is 11.9 Å². The summed E-state index contributed by atoms with van der Waals surface area (Å²) in [6.45, 7) is 1.94. The Bertz CT molecular complexity index is 614. The third-order valence-corrected chi connectivity index (χ3v) is 3.00. The summed E-state index contributed by atoms with van der Waals surface area (Å²) in [5.74, 6) is 0.810. The summed E-state index contributed by atoms with van der Waals surface area (Å²) >= 11 is 0. The molecule has 1 aromatic carbocycles. The number of hydrogen-bond acceptors (Lipinski definition) is 4. The van der Waals surface area contributed by atoms with E-state index in [0.29, 0.717) is 5.56 Å². The number of hydrogen-bond donors (Lipinski definition) is 1. The van der Waals surface area contributed by atoms with Crippen molar-refractivity contribution in [2.45, 2.75) is 13.0 Å². The average Bonchev–Trinajstić information content (AvgIpc) is 2.46. The van der Waals surface area contributed by atoms with E-state index in [1.54, 1.807) is 12.3 Å². The quantitative estimate of drug-likeness (QED) is 0.912. The Morgan fingerprint density at radius 1 is 1.32 bits per heavy atom. The zero-order valence-corrected chi connectivity index (χ0v) is 11.0. The van der Waals surface area contributed by atoms with E-state index in [1.165, 1.54) is 0 Å². The van der Waals surface area contributed by atoms with Gasteiger partial charge in [0.05, 0.1) is 11.6 Å². The molecule has 2 rings (SSSR count). The van der Waals surface area contributed by atoms with Crippen LogP contribution >= 0.6 is 0 Å². The number of benzene rings is 1. The normalized spacial score (nSPS) is 11.7. The maximum absolute atomic E-state index is 8.93. The van der Waals surface area contributed by atoms with Crippen molar-refractivity contribution in [3.63, 3.8) is 0 Å². The minimum Gasteiger partial charge on any atom is -0.329 e. The molecule has 0 amide bonds. The van der Waals surface area contributed by atoms with Gasteiger partial charge in [-0.25, -0.2) is 4.98 Å². The molecule has 1 heterocycles. The van der Waals surface area contributed by atoms with E-state index in [0.717, 1.165) is 17.1 Å². The Labute approximate surface area is 113 Å². The minimum atomic E-state index is -0.0272. The Hall–Kier alpha value is -2.38. The molecule has 0 aliphatic carbocycles. The van der Waals surface area contributed by atoms with Crippen LogP contribution in [0.5, 0.6) is 0 Å². The topological polar surface area (TPSA) is 65.9 Å². The molecule has 2 aromatic rings. The van der Waals surface area contributed by atoms with Crippen molar-refractivity contribution in [3.8, 4) is 6.07 Å². The van der Waals surface area contributed by atoms with Gasteiger partial charge in [0.2, 0.25) is 0 Å². The maximum Gasteiger partial charge on any atom is 0.132 e. The van der Waals surface area contributed by atoms with Crippen LogP contribution < -0.4 is 10.6 Å². The van der Waals surface area contributed by atoms with Crippen LogP contribution in [0.15, 0.2) is 42.6 Å². The fraction of sp³-hybridized carbons (Fsp3) is 0.200. The molecule has 4 heteroatoms. The van der Waals surface area contributed by atoms with Gasteiger partial charge in [0.1, 0.15) is 5.82 Å². The minimum absolute atomic E-state index is 0.0272. The van der Waals surface area contributed by atoms with E-state index >= 15 is 0 Å². The van der Waals surface area contributed by atoms with Gasteiger partial charge < -0.3 is 10.6 Å². The van der Waals surface area contributed by atoms with Crippen LogP contribution in [0.25, 0.3) is 0 Å². The lowest BCUT2D eigenvalue weighted by Crippen LogP contribution is -2.13. The van der Waals surface area contributed by atoms with E-state index < -0.39 is 0 Å². The van der Waals surface area contributed by atoms with Gasteiger partial charge >= 0.3 is 0 Å². The van der Waals surface area contributed by atoms with E-state index in [4.69, 9.17) is 11.0 Å². The lowest BCUT2D eigenvalue weighted by atomic mass is 10.1. The van der Waals surface area contributed by atoms with E-state index in [9.17, 15) is 0 Å². The molecule has 0 aliphatic heterocycles. The molecule has 0 saturated heterocycles. The van der Waals surface area contributed by atoms with Crippen LogP contribution in [0, 0.1) is 11.3 Å². The summed E-state index contributed by atoms with van der Waals surface area (Å²) in [7, 11) is 1.92. The summed E-state index contributed by atoms with van der Waals surface area (Å²) in [6.07, 6.45) is 1.75. The Morgan fingerprint density at radius 3 is 2.79 bits per heavy atom. The number of rotatable bonds is 3. The molecule has 1 unspecified atom stereocenters. The standard InChI is InChI=1S/C15H16N4/c1-11(17)13-6-7-18-15(9-13)19(2)14-5-3-4-12(8-14)10-16/h3-9,11H,17H2,1-2H3. The van der Waals surface area contributed by atoms with Gasteiger partial charge in [-0.05, 0) is 42.8 Å². The number of anilines is 2. The zero-order chi connectivity index (χ0) is 13.8. The number of pyridine rings is 1. The summed E-state index contributed by atoms with van der Waals surface area (Å²) in [5.41, 5.74) is 8.47. The Kier molecular flexibility index (Phi) is 3.79. The maximum atomic E-state index is 8.93. The number of nitrogens with two attached hydrogens (primary N) is 1. The Morgan fingerprint density at radius 2 is 2.11 bits per heavy atom. The molecule has 1 aromatic heterocycles. The first-order valence-corrected chi connectivity index (χ1v) is 6.07. The van der Waals surface area contributed by atoms with Crippen LogP contribution in [0.1, 0.15) is 24.1 Å². The van der Waals surface area contributed by atoms with Gasteiger partial charge in [-0.1, -0.05) is 6.07 Å². The van der Waals surface area contributed by atoms with Crippen LogP contribution in [-0.4, -0.2) is 12.0 Å². The fourth-order valence-electron chi connectivity index (χ4n) is 1.82. The molecule has 2 N–H and O–H groups in total. The van der Waals surface area contributed by atoms with Gasteiger partial charge in [0.15, 0.2) is 0 Å². The number of nitrogens with zero attached hydrogens (tertiary/aromatic N) is 3. The highest BCUT2D eigenvalue weighted by Gasteiger charge is 2.08. The molecular weight excluding hydrogens is 236 g/mol. The molecule has 0 aliphatic rings. The van der Waals surface area contributed by atoms with Crippen molar-refractivity contribution in [3.05, 3.63) is 53.7 Å². The highest BCUT2D eigenvalue weighted by molar-refractivity contribution is 5.61. The van der Waals surface area contributed by atoms with Crippen molar-refractivity contribution in [2.24, 2.45) is 5.73 Å². The van der Waals surface area contributed by atoms with Crippen molar-refractivity contribution >= 4 is 11.5 Å². The molecule has 0 radical (unpaired) electrons. The number of aromatic nitrogens is 1. The smallest absolute Gasteiger partial charge is 0.132 e. The molecule has 0 bridgehead atoms. The number of nitriles is 1. The lowest BCUT2D eigenvalue weighted by Gasteiger charge is -2.19. The zero-order valence-electron chi connectivity index (χ0n) is 11.0. The van der Waals surface area contributed by atoms with Crippen molar-refractivity contribution < 1.29 is 0 Å². The van der Waals surface area contributed by atoms with E-state index in [2.05, 4.69) is 11.1 Å². The van der Waals surface area contributed by atoms with Crippen LogP contribution in [-0.2, 0) is 0 Å². The van der Waals surface area contributed by atoms with Gasteiger partial charge in [0.25, 0.3) is 0 Å². The van der Waals surface area contributed by atoms with Crippen LogP contribution in [0.3, 0.4) is 0 Å². The van der Waals surface area contributed by atoms with Crippen molar-refractivity contribution in [1.29, 1.82) is 5.26 Å². The molecule has 4 nitrogen and oxygen atoms in total. The summed E-state index contributed by atoms with van der Waals surface area (Å²) in [6, 6.07) is 13.4. The van der Waals surface area contributed by atoms with Crippen LogP contribution in [0.4, 0.5) is 11.5 Å². The predicted octanol–water partition coefficient (Wildman–Crippen LogP) is 2.74. The molecular formula is C15H16N4. The third-order valence-electron chi connectivity index (χ3n) is 3.00. The second-order valence-corrected chi connectivity index (χ2v) is 4.46. The fourth-order valence-corrected chi connectivity index (χ4v) is 1.82. The predicted molar refractivity (Wildman–Crippen MR) is 76.1 cm³/mol. The molecule has 0 saturated carbocycles. The molecule has 1 atom stereocenters. The highest BCUT2D eigenvalue weighted by atomic mass is 15.2. The molecule has 0 spiro atoms. The second-order valence-electron chi connectivity index (χ2n) is 4.46. The highest BCUT2D eigenvalue weighted by Crippen LogP contribution is 2.24. The first-order valence-electron chi connectivity index (χ1n) is 6.07. The summed E-state index contributed by atoms with van der Waals surface area (Å²) in [4.78, 5) is 6.28. The van der Waals surface area contributed by atoms with Gasteiger partial charge in [0, 0.05) is 25.0 Å².